The Balaban J connectivity index is 2.32. The molecule has 2 rings (SSSR count). The van der Waals surface area contributed by atoms with Crippen LogP contribution in [-0.2, 0) is 0 Å². The van der Waals surface area contributed by atoms with Gasteiger partial charge in [-0.3, -0.25) is 0 Å². The van der Waals surface area contributed by atoms with Gasteiger partial charge in [-0.05, 0) is 26.2 Å². The number of nitrogen functional groups attached to an aromatic ring is 1. The highest BCUT2D eigenvalue weighted by Crippen LogP contribution is 2.29. The molecule has 0 amide bonds. The molecule has 0 saturated carbocycles. The van der Waals surface area contributed by atoms with E-state index in [-0.39, 0.29) is 0 Å². The van der Waals surface area contributed by atoms with Gasteiger partial charge in [0.05, 0.1) is 0 Å². The zero-order valence-electron chi connectivity index (χ0n) is 9.90. The quantitative estimate of drug-likeness (QED) is 0.597. The number of hydrazine groups is 1. The van der Waals surface area contributed by atoms with E-state index in [4.69, 9.17) is 5.84 Å². The molecule has 0 aliphatic carbocycles. The molecule has 1 unspecified atom stereocenters. The molecule has 1 atom stereocenters. The van der Waals surface area contributed by atoms with Gasteiger partial charge in [0.25, 0.3) is 0 Å². The first kappa shape index (κ1) is 11.1. The van der Waals surface area contributed by atoms with Gasteiger partial charge in [-0.15, -0.1) is 0 Å². The lowest BCUT2D eigenvalue weighted by molar-refractivity contribution is 0.639. The third kappa shape index (κ3) is 1.82. The summed E-state index contributed by atoms with van der Waals surface area (Å²) in [5, 5.41) is 0. The molecule has 2 heterocycles. The molecule has 1 saturated heterocycles. The van der Waals surface area contributed by atoms with E-state index in [0.29, 0.717) is 11.9 Å². The highest BCUT2D eigenvalue weighted by Gasteiger charge is 2.25. The summed E-state index contributed by atoms with van der Waals surface area (Å²) >= 11 is 0. The molecule has 5 nitrogen and oxygen atoms in total. The summed E-state index contributed by atoms with van der Waals surface area (Å²) in [4.78, 5) is 10.9. The fourth-order valence-corrected chi connectivity index (χ4v) is 2.41. The molecule has 0 radical (unpaired) electrons. The van der Waals surface area contributed by atoms with Crippen LogP contribution >= 0.6 is 0 Å². The zero-order valence-corrected chi connectivity index (χ0v) is 9.90. The van der Waals surface area contributed by atoms with Crippen LogP contribution in [-0.4, -0.2) is 22.6 Å². The Hall–Kier alpha value is -1.36. The Morgan fingerprint density at radius 1 is 1.56 bits per heavy atom. The number of hydrogen-bond acceptors (Lipinski definition) is 5. The van der Waals surface area contributed by atoms with Crippen molar-refractivity contribution in [1.82, 2.24) is 9.97 Å². The van der Waals surface area contributed by atoms with E-state index in [1.165, 1.54) is 12.8 Å². The van der Waals surface area contributed by atoms with Crippen LogP contribution in [0.1, 0.15) is 31.7 Å². The number of nitrogens with one attached hydrogen (secondary N) is 1. The second-order valence-electron chi connectivity index (χ2n) is 4.21. The minimum atomic E-state index is 0.610. The molecule has 3 N–H and O–H groups in total. The maximum absolute atomic E-state index is 5.43. The monoisotopic (exact) mass is 221 g/mol. The van der Waals surface area contributed by atoms with Crippen LogP contribution in [0.25, 0.3) is 0 Å². The van der Waals surface area contributed by atoms with E-state index < -0.39 is 0 Å². The molecule has 0 bridgehead atoms. The largest absolute Gasteiger partial charge is 0.353 e. The van der Waals surface area contributed by atoms with Gasteiger partial charge < -0.3 is 10.3 Å². The molecule has 1 aliphatic heterocycles. The van der Waals surface area contributed by atoms with Crippen molar-refractivity contribution in [3.05, 3.63) is 11.9 Å². The predicted molar refractivity (Wildman–Crippen MR) is 65.2 cm³/mol. The van der Waals surface area contributed by atoms with Gasteiger partial charge in [0.15, 0.2) is 0 Å². The summed E-state index contributed by atoms with van der Waals surface area (Å²) in [6.45, 7) is 5.32. The number of nitrogens with zero attached hydrogens (tertiary/aromatic N) is 3. The average molecular weight is 221 g/mol. The van der Waals surface area contributed by atoms with Gasteiger partial charge in [0.2, 0.25) is 0 Å². The van der Waals surface area contributed by atoms with Crippen LogP contribution in [0.15, 0.2) is 6.33 Å². The zero-order chi connectivity index (χ0) is 11.5. The number of aromatic nitrogens is 2. The number of hydrogen-bond donors (Lipinski definition) is 2. The number of nitrogens with two attached hydrogens (primary N) is 1. The van der Waals surface area contributed by atoms with Crippen molar-refractivity contribution in [2.75, 3.05) is 16.9 Å². The predicted octanol–water partition coefficient (Wildman–Crippen LogP) is 1.45. The Bertz CT molecular complexity index is 365. The van der Waals surface area contributed by atoms with Crippen LogP contribution in [0, 0.1) is 6.92 Å². The normalized spacial score (nSPS) is 20.2. The Morgan fingerprint density at radius 3 is 3.06 bits per heavy atom. The minimum absolute atomic E-state index is 0.610. The molecule has 1 fully saturated rings. The van der Waals surface area contributed by atoms with Crippen LogP contribution in [0.5, 0.6) is 0 Å². The van der Waals surface area contributed by atoms with E-state index in [2.05, 4.69) is 27.2 Å². The van der Waals surface area contributed by atoms with Crippen molar-refractivity contribution in [2.24, 2.45) is 5.84 Å². The number of anilines is 2. The summed E-state index contributed by atoms with van der Waals surface area (Å²) < 4.78 is 0. The highest BCUT2D eigenvalue weighted by atomic mass is 15.3. The molecule has 0 aromatic carbocycles. The van der Waals surface area contributed by atoms with Gasteiger partial charge in [-0.25, -0.2) is 15.8 Å². The van der Waals surface area contributed by atoms with Gasteiger partial charge in [-0.1, -0.05) is 6.92 Å². The van der Waals surface area contributed by atoms with E-state index >= 15 is 0 Å². The molecule has 1 aromatic rings. The maximum atomic E-state index is 5.43. The lowest BCUT2D eigenvalue weighted by Gasteiger charge is -2.26. The van der Waals surface area contributed by atoms with Crippen molar-refractivity contribution >= 4 is 11.6 Å². The molecule has 1 aliphatic rings. The van der Waals surface area contributed by atoms with Crippen molar-refractivity contribution in [3.63, 3.8) is 0 Å². The van der Waals surface area contributed by atoms with Crippen molar-refractivity contribution in [1.29, 1.82) is 0 Å². The Morgan fingerprint density at radius 2 is 2.38 bits per heavy atom. The summed E-state index contributed by atoms with van der Waals surface area (Å²) in [6.07, 6.45) is 5.23. The van der Waals surface area contributed by atoms with Crippen LogP contribution in [0.3, 0.4) is 0 Å². The van der Waals surface area contributed by atoms with E-state index in [1.54, 1.807) is 6.33 Å². The highest BCUT2D eigenvalue weighted by molar-refractivity contribution is 5.58. The standard InChI is InChI=1S/C11H19N5/c1-3-9-5-4-6-16(9)11-8(2)10(15-12)13-7-14-11/h7,9H,3-6,12H2,1-2H3,(H,13,14,15). The molecule has 0 spiro atoms. The lowest BCUT2D eigenvalue weighted by Crippen LogP contribution is -2.30. The number of rotatable bonds is 3. The van der Waals surface area contributed by atoms with Gasteiger partial charge in [0, 0.05) is 18.2 Å². The summed E-state index contributed by atoms with van der Waals surface area (Å²) in [6, 6.07) is 0.610. The Labute approximate surface area is 96.0 Å². The topological polar surface area (TPSA) is 67.1 Å². The van der Waals surface area contributed by atoms with Crippen LogP contribution < -0.4 is 16.2 Å². The maximum Gasteiger partial charge on any atom is 0.148 e. The summed E-state index contributed by atoms with van der Waals surface area (Å²) in [5.74, 6) is 7.16. The molecule has 88 valence electrons. The lowest BCUT2D eigenvalue weighted by atomic mass is 10.1. The Kier molecular flexibility index (Phi) is 3.24. The third-order valence-electron chi connectivity index (χ3n) is 3.31. The van der Waals surface area contributed by atoms with Crippen molar-refractivity contribution in [3.8, 4) is 0 Å². The summed E-state index contributed by atoms with van der Waals surface area (Å²) in [5.41, 5.74) is 3.65. The van der Waals surface area contributed by atoms with Gasteiger partial charge in [0.1, 0.15) is 18.0 Å². The minimum Gasteiger partial charge on any atom is -0.353 e. The van der Waals surface area contributed by atoms with E-state index in [1.807, 2.05) is 6.92 Å². The molecule has 16 heavy (non-hydrogen) atoms. The van der Waals surface area contributed by atoms with E-state index in [9.17, 15) is 0 Å². The average Bonchev–Trinajstić information content (AvgIpc) is 2.77. The fourth-order valence-electron chi connectivity index (χ4n) is 2.41. The van der Waals surface area contributed by atoms with E-state index in [0.717, 1.165) is 24.3 Å². The van der Waals surface area contributed by atoms with Crippen LogP contribution in [0.4, 0.5) is 11.6 Å². The second kappa shape index (κ2) is 4.65. The third-order valence-corrected chi connectivity index (χ3v) is 3.31. The molecular weight excluding hydrogens is 202 g/mol. The fraction of sp³-hybridized carbons (Fsp3) is 0.636. The van der Waals surface area contributed by atoms with Crippen LogP contribution in [0.2, 0.25) is 0 Å². The second-order valence-corrected chi connectivity index (χ2v) is 4.21. The molecule has 1 aromatic heterocycles. The van der Waals surface area contributed by atoms with Gasteiger partial charge >= 0.3 is 0 Å². The smallest absolute Gasteiger partial charge is 0.148 e. The van der Waals surface area contributed by atoms with Gasteiger partial charge in [-0.2, -0.15) is 0 Å². The van der Waals surface area contributed by atoms with Crippen molar-refractivity contribution in [2.45, 2.75) is 39.2 Å². The molecular formula is C11H19N5. The first-order valence-corrected chi connectivity index (χ1v) is 5.82. The SMILES string of the molecule is CCC1CCCN1c1ncnc(NN)c1C. The molecule has 5 heteroatoms. The first-order chi connectivity index (χ1) is 7.77. The summed E-state index contributed by atoms with van der Waals surface area (Å²) in [7, 11) is 0. The van der Waals surface area contributed by atoms with Crippen molar-refractivity contribution < 1.29 is 0 Å². The first-order valence-electron chi connectivity index (χ1n) is 5.82.